The lowest BCUT2D eigenvalue weighted by Crippen LogP contribution is -2.47. The van der Waals surface area contributed by atoms with E-state index in [1.807, 2.05) is 15.0 Å². The van der Waals surface area contributed by atoms with Gasteiger partial charge in [-0.2, -0.15) is 0 Å². The molecule has 0 aromatic carbocycles. The standard InChI is InChI=1S/3C19H30N3O11PS/c3*1-10(2)32-16(26)11(3)21-34(29,35-9-14(24)30-5)31-8-12-15(25)19(4,28)17(33-12)22-7-6-13(23)20-18(22)27/h3*6-7,10-12,15,17,25,28H,8-9H2,1-5H3,(H,21,29)(H,20,23,27)/t11-,12+,15+,17+,19+,34?;11-,12+,15+,17+,19+,34-;11-,12-,15-,17-,19-,34-/m001/s1. The lowest BCUT2D eigenvalue weighted by Gasteiger charge is -2.27. The van der Waals surface area contributed by atoms with Crippen molar-refractivity contribution in [3.8, 4) is 0 Å². The first kappa shape index (κ1) is 91.4. The molecule has 0 saturated carbocycles. The highest BCUT2D eigenvalue weighted by Crippen LogP contribution is 2.59. The van der Waals surface area contributed by atoms with Gasteiger partial charge in [0.15, 0.2) is 18.7 Å². The molecule has 105 heavy (non-hydrogen) atoms. The summed E-state index contributed by atoms with van der Waals surface area (Å²) in [5, 5.41) is 71.7. The molecule has 18 atom stereocenters. The Morgan fingerprint density at radius 2 is 0.676 bits per heavy atom. The number of aromatic amines is 3. The monoisotopic (exact) mass is 1620 g/mol. The number of methoxy groups -OCH3 is 3. The molecule has 0 bridgehead atoms. The topological polar surface area (TPSA) is 586 Å². The number of nitrogens with one attached hydrogen (secondary N) is 6. The van der Waals surface area contributed by atoms with Gasteiger partial charge < -0.3 is 86.8 Å². The first-order chi connectivity index (χ1) is 48.6. The van der Waals surface area contributed by atoms with Crippen LogP contribution in [0.5, 0.6) is 0 Å². The van der Waals surface area contributed by atoms with Crippen molar-refractivity contribution in [2.75, 3.05) is 58.4 Å². The Labute approximate surface area is 610 Å². The molecule has 3 aliphatic rings. The number of esters is 6. The molecule has 3 saturated heterocycles. The predicted octanol–water partition coefficient (Wildman–Crippen LogP) is -1.48. The molecular weight excluding hydrogens is 1530 g/mol. The molecule has 3 aromatic rings. The highest BCUT2D eigenvalue weighted by Gasteiger charge is 2.57. The largest absolute Gasteiger partial charge is 0.468 e. The Morgan fingerprint density at radius 1 is 0.457 bits per heavy atom. The maximum atomic E-state index is 13.4. The third kappa shape index (κ3) is 26.1. The van der Waals surface area contributed by atoms with Gasteiger partial charge in [-0.3, -0.25) is 85.5 Å². The third-order valence-corrected chi connectivity index (χ3v) is 26.5. The van der Waals surface area contributed by atoms with Gasteiger partial charge >= 0.3 is 73.0 Å². The normalized spacial score (nSPS) is 26.8. The van der Waals surface area contributed by atoms with Gasteiger partial charge in [0.25, 0.3) is 16.7 Å². The van der Waals surface area contributed by atoms with E-state index in [0.717, 1.165) is 71.8 Å². The molecule has 1 unspecified atom stereocenters. The number of aromatic nitrogens is 6. The zero-order valence-corrected chi connectivity index (χ0v) is 64.6. The fourth-order valence-corrected chi connectivity index (χ4v) is 19.7. The smallest absolute Gasteiger partial charge is 0.330 e. The van der Waals surface area contributed by atoms with Crippen LogP contribution in [0.1, 0.15) is 102 Å². The second kappa shape index (κ2) is 39.4. The van der Waals surface area contributed by atoms with Crippen LogP contribution in [0.2, 0.25) is 0 Å². The van der Waals surface area contributed by atoms with E-state index in [9.17, 15) is 102 Å². The van der Waals surface area contributed by atoms with Crippen molar-refractivity contribution in [2.24, 2.45) is 0 Å². The van der Waals surface area contributed by atoms with Crippen molar-refractivity contribution >= 4 is 90.1 Å². The lowest BCUT2D eigenvalue weighted by molar-refractivity contribution is -0.149. The Balaban J connectivity index is 0.000000333. The molecule has 0 radical (unpaired) electrons. The molecule has 6 rings (SSSR count). The van der Waals surface area contributed by atoms with Crippen LogP contribution in [0, 0.1) is 0 Å². The minimum absolute atomic E-state index is 0.381. The number of H-pyrrole nitrogens is 3. The highest BCUT2D eigenvalue weighted by atomic mass is 32.7. The molecule has 12 N–H and O–H groups in total. The van der Waals surface area contributed by atoms with Crippen molar-refractivity contribution in [1.82, 2.24) is 43.9 Å². The summed E-state index contributed by atoms with van der Waals surface area (Å²) in [7, 11) is 3.44. The number of aliphatic hydroxyl groups excluding tert-OH is 3. The predicted molar refractivity (Wildman–Crippen MR) is 371 cm³/mol. The van der Waals surface area contributed by atoms with Crippen LogP contribution in [0.4, 0.5) is 0 Å². The van der Waals surface area contributed by atoms with E-state index < -0.39 is 218 Å². The Morgan fingerprint density at radius 3 is 0.867 bits per heavy atom. The third-order valence-electron chi connectivity index (χ3n) is 14.7. The Kier molecular flexibility index (Phi) is 34.3. The van der Waals surface area contributed by atoms with E-state index in [0.29, 0.717) is 34.1 Å². The van der Waals surface area contributed by atoms with Crippen molar-refractivity contribution in [3.05, 3.63) is 99.3 Å². The first-order valence-corrected chi connectivity index (χ1v) is 41.2. The maximum absolute atomic E-state index is 13.4. The minimum atomic E-state index is -3.99. The van der Waals surface area contributed by atoms with Crippen LogP contribution in [0.25, 0.3) is 0 Å². The molecule has 0 aliphatic carbocycles. The van der Waals surface area contributed by atoms with E-state index in [1.54, 1.807) is 41.5 Å². The highest BCUT2D eigenvalue weighted by molar-refractivity contribution is 8.56. The summed E-state index contributed by atoms with van der Waals surface area (Å²) in [6.45, 7) is 4.01. The summed E-state index contributed by atoms with van der Waals surface area (Å²) in [4.78, 5) is 148. The van der Waals surface area contributed by atoms with Gasteiger partial charge in [0.05, 0.1) is 59.5 Å². The fraction of sp³-hybridized carbons (Fsp3) is 0.684. The van der Waals surface area contributed by atoms with Crippen LogP contribution < -0.4 is 49.0 Å². The van der Waals surface area contributed by atoms with Gasteiger partial charge in [0.1, 0.15) is 88.8 Å². The summed E-state index contributed by atoms with van der Waals surface area (Å²) in [6, 6.07) is -0.141. The number of hydrogen-bond donors (Lipinski definition) is 12. The molecule has 3 aliphatic heterocycles. The van der Waals surface area contributed by atoms with Crippen LogP contribution in [0.15, 0.2) is 65.6 Å². The van der Waals surface area contributed by atoms with Gasteiger partial charge in [-0.05, 0) is 117 Å². The summed E-state index contributed by atoms with van der Waals surface area (Å²) < 4.78 is 105. The Bertz CT molecular complexity index is 3620. The molecule has 6 heterocycles. The van der Waals surface area contributed by atoms with Gasteiger partial charge in [0.2, 0.25) is 0 Å². The molecule has 0 spiro atoms. The summed E-state index contributed by atoms with van der Waals surface area (Å²) in [5.74, 6) is -5.36. The van der Waals surface area contributed by atoms with Crippen LogP contribution in [0.3, 0.4) is 0 Å². The molecule has 48 heteroatoms. The van der Waals surface area contributed by atoms with E-state index in [-0.39, 0.29) is 17.3 Å². The van der Waals surface area contributed by atoms with E-state index in [1.165, 1.54) is 41.5 Å². The quantitative estimate of drug-likeness (QED) is 0.0188. The second-order valence-corrected chi connectivity index (χ2v) is 37.4. The molecule has 3 aromatic heterocycles. The van der Waals surface area contributed by atoms with E-state index in [4.69, 9.17) is 42.0 Å². The van der Waals surface area contributed by atoms with Gasteiger partial charge in [-0.25, -0.2) is 29.6 Å². The summed E-state index contributed by atoms with van der Waals surface area (Å²) >= 11 is 1.66. The molecule has 594 valence electrons. The van der Waals surface area contributed by atoms with Crippen LogP contribution >= 0.6 is 54.3 Å². The van der Waals surface area contributed by atoms with Crippen molar-refractivity contribution in [3.63, 3.8) is 0 Å². The second-order valence-electron chi connectivity index (χ2n) is 24.6. The number of carbonyl (C=O) groups is 6. The maximum Gasteiger partial charge on any atom is 0.330 e. The number of carbonyl (C=O) groups excluding carboxylic acids is 6. The number of hydrogen-bond acceptors (Lipinski definition) is 36. The van der Waals surface area contributed by atoms with Crippen molar-refractivity contribution in [1.29, 1.82) is 0 Å². The lowest BCUT2D eigenvalue weighted by atomic mass is 9.96. The molecule has 3 fully saturated rings. The average Bonchev–Trinajstić information content (AvgIpc) is 1.63. The zero-order chi connectivity index (χ0) is 79.7. The average molecular weight is 1620 g/mol. The Hall–Kier alpha value is -6.00. The molecule has 42 nitrogen and oxygen atoms in total. The van der Waals surface area contributed by atoms with Gasteiger partial charge in [-0.1, -0.05) is 0 Å². The SMILES string of the molecule is COC(=O)CSP(=O)(N[C@@H](C)C(=O)OC(C)C)OC[C@H]1O[C@@H](n2ccc(=O)[nH]c2=O)[C@](C)(O)[C@@H]1O.COC(=O)CS[P@@](=O)(N[C@H](C)C(=O)OC(C)C)OC[C@H]1O[C@@H](n2ccc(=O)[nH]c2=O)[C@](C)(O)[C@@H]1O.COC(=O)CS[P@](=O)(N[C@@H](C)C(=O)OC(C)C)OC[C@H]1O[C@@H](n2ccc(=O)[nH]c2=O)[C@](C)(O)[C@@H]1O. The van der Waals surface area contributed by atoms with Crippen molar-refractivity contribution < 1.29 is 129 Å². The van der Waals surface area contributed by atoms with Gasteiger partial charge in [0, 0.05) is 36.8 Å². The number of ether oxygens (including phenoxy) is 9. The van der Waals surface area contributed by atoms with Gasteiger partial charge in [-0.15, -0.1) is 0 Å². The minimum Gasteiger partial charge on any atom is -0.468 e. The zero-order valence-electron chi connectivity index (χ0n) is 59.5. The van der Waals surface area contributed by atoms with Crippen molar-refractivity contribution in [2.45, 2.75) is 192 Å². The van der Waals surface area contributed by atoms with Crippen LogP contribution in [-0.2, 0) is 98.7 Å². The van der Waals surface area contributed by atoms with E-state index >= 15 is 0 Å². The number of aliphatic hydroxyl groups is 6. The van der Waals surface area contributed by atoms with Crippen LogP contribution in [-0.4, -0.2) is 243 Å². The first-order valence-electron chi connectivity index (χ1n) is 31.5. The fourth-order valence-electron chi connectivity index (χ4n) is 9.28. The summed E-state index contributed by atoms with van der Waals surface area (Å²) in [5.41, 5.74) is -10.6. The van der Waals surface area contributed by atoms with E-state index in [2.05, 4.69) is 29.5 Å². The number of nitrogens with zero attached hydrogens (tertiary/aromatic N) is 3. The molecule has 0 amide bonds. The molecular formula is C57H90N9O33P3S3. The number of rotatable bonds is 33. The summed E-state index contributed by atoms with van der Waals surface area (Å²) in [6.07, 6.45) is -10.9.